The number of nitrogens with zero attached hydrogens (tertiary/aromatic N) is 3. The standard InChI is InChI=1S/C12H20N4Si.C5H8N2/c1-7-11(8(2)14-13-7)17(5,6)12-9(3)15-16-10(12)4;1-4-3-5(2)7-6-4/h1-6H3,(H,13,14)(H,15,16);3H,1-2H3,(H,6,7). The Hall–Kier alpha value is -2.15. The van der Waals surface area contributed by atoms with E-state index in [1.165, 1.54) is 21.8 Å². The number of nitrogens with one attached hydrogen (secondary N) is 3. The van der Waals surface area contributed by atoms with E-state index in [1.807, 2.05) is 19.9 Å². The Balaban J connectivity index is 0.000000249. The molecule has 3 aromatic heterocycles. The third kappa shape index (κ3) is 3.51. The molecule has 0 aliphatic rings. The van der Waals surface area contributed by atoms with Crippen LogP contribution in [0.25, 0.3) is 0 Å². The molecule has 24 heavy (non-hydrogen) atoms. The lowest BCUT2D eigenvalue weighted by molar-refractivity contribution is 1.02. The van der Waals surface area contributed by atoms with Crippen molar-refractivity contribution in [2.24, 2.45) is 0 Å². The van der Waals surface area contributed by atoms with Gasteiger partial charge in [-0.25, -0.2) is 0 Å². The Bertz CT molecular complexity index is 720. The first-order valence-electron chi connectivity index (χ1n) is 8.17. The molecule has 0 aliphatic carbocycles. The number of hydrogen-bond acceptors (Lipinski definition) is 3. The molecule has 3 aromatic rings. The topological polar surface area (TPSA) is 86.0 Å². The van der Waals surface area contributed by atoms with Crippen LogP contribution in [0.4, 0.5) is 0 Å². The summed E-state index contributed by atoms with van der Waals surface area (Å²) in [5, 5.41) is 24.4. The lowest BCUT2D eigenvalue weighted by Gasteiger charge is -2.24. The highest BCUT2D eigenvalue weighted by atomic mass is 28.3. The lowest BCUT2D eigenvalue weighted by atomic mass is 10.4. The largest absolute Gasteiger partial charge is 0.283 e. The van der Waals surface area contributed by atoms with Gasteiger partial charge in [0.1, 0.15) is 8.07 Å². The SMILES string of the molecule is Cc1cc(C)[nH]n1.Cc1n[nH]c(C)c1[Si](C)(C)c1c(C)n[nH]c1C. The van der Waals surface area contributed by atoms with Gasteiger partial charge < -0.3 is 0 Å². The first-order chi connectivity index (χ1) is 11.1. The molecule has 3 N–H and O–H groups in total. The minimum Gasteiger partial charge on any atom is -0.283 e. The van der Waals surface area contributed by atoms with Gasteiger partial charge in [0.15, 0.2) is 0 Å². The van der Waals surface area contributed by atoms with Crippen molar-refractivity contribution in [2.45, 2.75) is 54.6 Å². The average molecular weight is 345 g/mol. The van der Waals surface area contributed by atoms with Crippen molar-refractivity contribution in [1.29, 1.82) is 0 Å². The minimum atomic E-state index is -1.72. The molecule has 0 amide bonds. The molecule has 0 aliphatic heterocycles. The monoisotopic (exact) mass is 344 g/mol. The summed E-state index contributed by atoms with van der Waals surface area (Å²) in [4.78, 5) is 0. The number of aromatic nitrogens is 6. The first kappa shape index (κ1) is 18.2. The zero-order chi connectivity index (χ0) is 18.1. The Morgan fingerprint density at radius 3 is 1.38 bits per heavy atom. The van der Waals surface area contributed by atoms with Gasteiger partial charge in [-0.1, -0.05) is 13.1 Å². The summed E-state index contributed by atoms with van der Waals surface area (Å²) >= 11 is 0. The molecule has 3 heterocycles. The summed E-state index contributed by atoms with van der Waals surface area (Å²) < 4.78 is 0. The molecule has 0 aromatic carbocycles. The van der Waals surface area contributed by atoms with Gasteiger partial charge in [-0.15, -0.1) is 0 Å². The maximum absolute atomic E-state index is 4.33. The van der Waals surface area contributed by atoms with Crippen LogP contribution in [0.1, 0.15) is 34.2 Å². The minimum absolute atomic E-state index is 1.05. The van der Waals surface area contributed by atoms with Crippen LogP contribution in [0, 0.1) is 41.5 Å². The molecule has 130 valence electrons. The number of aromatic amines is 3. The van der Waals surface area contributed by atoms with Crippen LogP contribution in [-0.2, 0) is 0 Å². The second kappa shape index (κ2) is 6.76. The fraction of sp³-hybridized carbons (Fsp3) is 0.471. The molecule has 0 bridgehead atoms. The van der Waals surface area contributed by atoms with E-state index in [0.717, 1.165) is 22.8 Å². The van der Waals surface area contributed by atoms with Gasteiger partial charge in [-0.2, -0.15) is 15.3 Å². The van der Waals surface area contributed by atoms with E-state index >= 15 is 0 Å². The molecular formula is C17H28N6Si. The molecule has 0 saturated carbocycles. The number of H-pyrrole nitrogens is 3. The molecule has 3 rings (SSSR count). The zero-order valence-corrected chi connectivity index (χ0v) is 16.9. The highest BCUT2D eigenvalue weighted by Gasteiger charge is 2.34. The summed E-state index contributed by atoms with van der Waals surface area (Å²) in [5.41, 5.74) is 6.81. The van der Waals surface area contributed by atoms with Crippen molar-refractivity contribution in [3.8, 4) is 0 Å². The molecule has 7 heteroatoms. The predicted octanol–water partition coefficient (Wildman–Crippen LogP) is 2.22. The van der Waals surface area contributed by atoms with Gasteiger partial charge in [0.05, 0.1) is 17.1 Å². The van der Waals surface area contributed by atoms with Crippen molar-refractivity contribution < 1.29 is 0 Å². The Labute approximate surface area is 144 Å². The van der Waals surface area contributed by atoms with Gasteiger partial charge in [0, 0.05) is 17.1 Å². The highest BCUT2D eigenvalue weighted by Crippen LogP contribution is 2.12. The van der Waals surface area contributed by atoms with Gasteiger partial charge in [-0.05, 0) is 58.0 Å². The van der Waals surface area contributed by atoms with Crippen molar-refractivity contribution in [2.75, 3.05) is 0 Å². The Kier molecular flexibility index (Phi) is 5.13. The maximum atomic E-state index is 4.33. The summed E-state index contributed by atoms with van der Waals surface area (Å²) in [7, 11) is -1.72. The molecule has 0 unspecified atom stereocenters. The van der Waals surface area contributed by atoms with Crippen molar-refractivity contribution in [3.63, 3.8) is 0 Å². The van der Waals surface area contributed by atoms with E-state index in [9.17, 15) is 0 Å². The summed E-state index contributed by atoms with van der Waals surface area (Å²) in [6, 6.07) is 2.00. The fourth-order valence-electron chi connectivity index (χ4n) is 3.62. The molecule has 0 spiro atoms. The maximum Gasteiger partial charge on any atom is 0.121 e. The normalized spacial score (nSPS) is 11.3. The van der Waals surface area contributed by atoms with Crippen molar-refractivity contribution >= 4 is 18.4 Å². The first-order valence-corrected chi connectivity index (χ1v) is 11.2. The molecule has 0 fully saturated rings. The second-order valence-electron chi connectivity index (χ2n) is 6.94. The van der Waals surface area contributed by atoms with E-state index in [0.29, 0.717) is 0 Å². The number of aryl methyl sites for hydroxylation is 6. The van der Waals surface area contributed by atoms with Crippen LogP contribution < -0.4 is 10.4 Å². The van der Waals surface area contributed by atoms with E-state index < -0.39 is 8.07 Å². The van der Waals surface area contributed by atoms with Crippen LogP contribution in [-0.4, -0.2) is 38.7 Å². The highest BCUT2D eigenvalue weighted by molar-refractivity contribution is 7.01. The average Bonchev–Trinajstić information content (AvgIpc) is 3.12. The molecular weight excluding hydrogens is 316 g/mol. The molecule has 0 saturated heterocycles. The fourth-order valence-corrected chi connectivity index (χ4v) is 7.78. The van der Waals surface area contributed by atoms with Crippen molar-refractivity contribution in [3.05, 3.63) is 40.2 Å². The smallest absolute Gasteiger partial charge is 0.121 e. The molecule has 6 nitrogen and oxygen atoms in total. The van der Waals surface area contributed by atoms with Gasteiger partial charge in [0.2, 0.25) is 0 Å². The van der Waals surface area contributed by atoms with Crippen LogP contribution in [0.2, 0.25) is 13.1 Å². The summed E-state index contributed by atoms with van der Waals surface area (Å²) in [6.45, 7) is 17.1. The van der Waals surface area contributed by atoms with E-state index in [1.54, 1.807) is 0 Å². The molecule has 0 radical (unpaired) electrons. The second-order valence-corrected chi connectivity index (χ2v) is 11.2. The van der Waals surface area contributed by atoms with Crippen LogP contribution >= 0.6 is 0 Å². The third-order valence-electron chi connectivity index (χ3n) is 4.34. The van der Waals surface area contributed by atoms with E-state index in [4.69, 9.17) is 0 Å². The van der Waals surface area contributed by atoms with Gasteiger partial charge in [-0.3, -0.25) is 15.3 Å². The summed E-state index contributed by atoms with van der Waals surface area (Å²) in [5.74, 6) is 0. The van der Waals surface area contributed by atoms with Gasteiger partial charge >= 0.3 is 0 Å². The van der Waals surface area contributed by atoms with Crippen LogP contribution in [0.15, 0.2) is 6.07 Å². The van der Waals surface area contributed by atoms with Crippen LogP contribution in [0.5, 0.6) is 0 Å². The zero-order valence-electron chi connectivity index (χ0n) is 15.9. The van der Waals surface area contributed by atoms with E-state index in [2.05, 4.69) is 71.4 Å². The predicted molar refractivity (Wildman–Crippen MR) is 101 cm³/mol. The third-order valence-corrected chi connectivity index (χ3v) is 8.31. The van der Waals surface area contributed by atoms with Crippen molar-refractivity contribution in [1.82, 2.24) is 30.6 Å². The number of hydrogen-bond donors (Lipinski definition) is 3. The van der Waals surface area contributed by atoms with Crippen LogP contribution in [0.3, 0.4) is 0 Å². The Morgan fingerprint density at radius 2 is 1.17 bits per heavy atom. The summed E-state index contributed by atoms with van der Waals surface area (Å²) in [6.07, 6.45) is 0. The lowest BCUT2D eigenvalue weighted by Crippen LogP contribution is -2.55. The quantitative estimate of drug-likeness (QED) is 0.623. The molecule has 0 atom stereocenters. The Morgan fingerprint density at radius 1 is 0.708 bits per heavy atom. The number of rotatable bonds is 2. The van der Waals surface area contributed by atoms with E-state index in [-0.39, 0.29) is 0 Å². The van der Waals surface area contributed by atoms with Gasteiger partial charge in [0.25, 0.3) is 0 Å².